The van der Waals surface area contributed by atoms with Crippen molar-refractivity contribution in [1.29, 1.82) is 5.26 Å². The third-order valence-corrected chi connectivity index (χ3v) is 5.40. The molecule has 0 amide bonds. The SMILES string of the molecule is C[C@@]1(O)[C@@H]2OP(=O)(O)OC[C@H]2O[C@@]1(C#N)c1cnc2c(N)ncnn12. The largest absolute Gasteiger partial charge is 0.472 e. The van der Waals surface area contributed by atoms with Crippen LogP contribution in [0.15, 0.2) is 12.5 Å². The maximum absolute atomic E-state index is 11.7. The highest BCUT2D eigenvalue weighted by Gasteiger charge is 2.69. The van der Waals surface area contributed by atoms with Gasteiger partial charge in [-0.25, -0.2) is 19.0 Å². The monoisotopic (exact) mass is 368 g/mol. The highest BCUT2D eigenvalue weighted by Crippen LogP contribution is 2.57. The zero-order valence-electron chi connectivity index (χ0n) is 12.8. The second kappa shape index (κ2) is 4.95. The lowest BCUT2D eigenvalue weighted by Gasteiger charge is -2.35. The van der Waals surface area contributed by atoms with Crippen molar-refractivity contribution >= 4 is 19.3 Å². The number of rotatable bonds is 1. The Morgan fingerprint density at radius 1 is 1.56 bits per heavy atom. The molecule has 4 N–H and O–H groups in total. The van der Waals surface area contributed by atoms with Gasteiger partial charge in [-0.1, -0.05) is 0 Å². The van der Waals surface area contributed by atoms with Gasteiger partial charge in [-0.05, 0) is 6.92 Å². The average Bonchev–Trinajstić information content (AvgIpc) is 3.07. The Hall–Kier alpha value is -2.13. The zero-order chi connectivity index (χ0) is 18.0. The second-order valence-electron chi connectivity index (χ2n) is 5.91. The summed E-state index contributed by atoms with van der Waals surface area (Å²) in [6.45, 7) is 0.946. The van der Waals surface area contributed by atoms with Crippen LogP contribution >= 0.6 is 7.82 Å². The molecular weight excluding hydrogens is 355 g/mol. The second-order valence-corrected chi connectivity index (χ2v) is 7.32. The Morgan fingerprint density at radius 3 is 3.04 bits per heavy atom. The van der Waals surface area contributed by atoms with Gasteiger partial charge in [-0.15, -0.1) is 0 Å². The summed E-state index contributed by atoms with van der Waals surface area (Å²) >= 11 is 0. The standard InChI is InChI=1S/C12H13N6O6P/c1-11(19)8-6(3-22-25(20,21)24-8)23-12(11,4-13)7-2-15-10-9(14)16-5-17-18(7)10/h2,5-6,8,19H,3H2,1H3,(H,20,21)(H2,14,16,17)/t6-,8-,11-,12+/m1/s1. The third-order valence-electron chi connectivity index (χ3n) is 4.43. The lowest BCUT2D eigenvalue weighted by atomic mass is 9.80. The van der Waals surface area contributed by atoms with E-state index in [-0.39, 0.29) is 23.8 Å². The topological polar surface area (TPSA) is 178 Å². The Bertz CT molecular complexity index is 955. The van der Waals surface area contributed by atoms with Crippen molar-refractivity contribution in [3.63, 3.8) is 0 Å². The maximum Gasteiger partial charge on any atom is 0.472 e. The van der Waals surface area contributed by atoms with Gasteiger partial charge in [-0.3, -0.25) is 9.05 Å². The molecule has 2 saturated heterocycles. The van der Waals surface area contributed by atoms with E-state index in [0.29, 0.717) is 0 Å². The number of phosphoric acid groups is 1. The molecule has 1 unspecified atom stereocenters. The number of nitrogens with two attached hydrogens (primary N) is 1. The Kier molecular flexibility index (Phi) is 3.24. The molecule has 4 rings (SSSR count). The molecule has 0 saturated carbocycles. The Balaban J connectivity index is 1.91. The van der Waals surface area contributed by atoms with Crippen molar-refractivity contribution in [2.45, 2.75) is 30.3 Å². The quantitative estimate of drug-likeness (QED) is 0.531. The van der Waals surface area contributed by atoms with Gasteiger partial charge in [0.15, 0.2) is 11.5 Å². The number of hydrogen-bond donors (Lipinski definition) is 3. The van der Waals surface area contributed by atoms with Gasteiger partial charge < -0.3 is 20.5 Å². The van der Waals surface area contributed by atoms with E-state index in [2.05, 4.69) is 15.1 Å². The Labute approximate surface area is 140 Å². The molecule has 0 bridgehead atoms. The summed E-state index contributed by atoms with van der Waals surface area (Å²) < 4.78 is 28.4. The highest BCUT2D eigenvalue weighted by molar-refractivity contribution is 7.47. The molecule has 0 aliphatic carbocycles. The summed E-state index contributed by atoms with van der Waals surface area (Å²) in [6.07, 6.45) is 0.209. The third kappa shape index (κ3) is 2.05. The van der Waals surface area contributed by atoms with Crippen LogP contribution < -0.4 is 5.73 Å². The first-order valence-corrected chi connectivity index (χ1v) is 8.63. The van der Waals surface area contributed by atoms with Crippen molar-refractivity contribution in [3.8, 4) is 6.07 Å². The number of aliphatic hydroxyl groups is 1. The lowest BCUT2D eigenvalue weighted by molar-refractivity contribution is -0.104. The van der Waals surface area contributed by atoms with Crippen molar-refractivity contribution in [2.75, 3.05) is 12.3 Å². The minimum atomic E-state index is -4.35. The van der Waals surface area contributed by atoms with Crippen LogP contribution in [0.1, 0.15) is 12.6 Å². The van der Waals surface area contributed by atoms with Crippen LogP contribution in [-0.4, -0.2) is 54.0 Å². The molecule has 2 aromatic rings. The number of nitrogens with zero attached hydrogens (tertiary/aromatic N) is 5. The molecule has 4 heterocycles. The fraction of sp³-hybridized carbons (Fsp3) is 0.500. The number of aromatic nitrogens is 4. The lowest BCUT2D eigenvalue weighted by Crippen LogP contribution is -2.53. The summed E-state index contributed by atoms with van der Waals surface area (Å²) in [6, 6.07) is 1.92. The first-order chi connectivity index (χ1) is 11.7. The molecular formula is C12H13N6O6P. The summed E-state index contributed by atoms with van der Waals surface area (Å²) in [5, 5.41) is 24.9. The van der Waals surface area contributed by atoms with Gasteiger partial charge >= 0.3 is 7.82 Å². The zero-order valence-corrected chi connectivity index (χ0v) is 13.7. The van der Waals surface area contributed by atoms with E-state index in [1.807, 2.05) is 6.07 Å². The molecule has 0 spiro atoms. The van der Waals surface area contributed by atoms with Gasteiger partial charge in [-0.2, -0.15) is 10.4 Å². The number of anilines is 1. The number of fused-ring (bicyclic) bond motifs is 2. The van der Waals surface area contributed by atoms with E-state index >= 15 is 0 Å². The molecule has 132 valence electrons. The van der Waals surface area contributed by atoms with E-state index < -0.39 is 31.2 Å². The minimum Gasteiger partial charge on any atom is -0.383 e. The van der Waals surface area contributed by atoms with Crippen molar-refractivity contribution in [2.24, 2.45) is 0 Å². The van der Waals surface area contributed by atoms with E-state index in [9.17, 15) is 19.8 Å². The maximum atomic E-state index is 11.7. The highest BCUT2D eigenvalue weighted by atomic mass is 31.2. The molecule has 13 heteroatoms. The van der Waals surface area contributed by atoms with Crippen LogP contribution in [0.5, 0.6) is 0 Å². The van der Waals surface area contributed by atoms with Gasteiger partial charge in [0.2, 0.25) is 5.60 Å². The predicted octanol–water partition coefficient (Wildman–Crippen LogP) is -0.909. The number of nitrogen functional groups attached to an aromatic ring is 1. The molecule has 2 aromatic heterocycles. The minimum absolute atomic E-state index is 0.0730. The van der Waals surface area contributed by atoms with Crippen LogP contribution in [0, 0.1) is 11.3 Å². The number of hydrogen-bond acceptors (Lipinski definition) is 10. The van der Waals surface area contributed by atoms with Crippen molar-refractivity contribution < 1.29 is 28.3 Å². The van der Waals surface area contributed by atoms with E-state index in [0.717, 1.165) is 6.33 Å². The van der Waals surface area contributed by atoms with E-state index in [1.54, 1.807) is 0 Å². The molecule has 2 fully saturated rings. The Morgan fingerprint density at radius 2 is 2.32 bits per heavy atom. The molecule has 0 radical (unpaired) electrons. The number of ether oxygens (including phenoxy) is 1. The molecule has 2 aliphatic rings. The average molecular weight is 368 g/mol. The van der Waals surface area contributed by atoms with Crippen LogP contribution in [0.25, 0.3) is 5.65 Å². The normalized spacial score (nSPS) is 40.7. The van der Waals surface area contributed by atoms with Crippen LogP contribution in [-0.2, 0) is 24.0 Å². The molecule has 5 atom stereocenters. The van der Waals surface area contributed by atoms with Gasteiger partial charge in [0.05, 0.1) is 12.8 Å². The van der Waals surface area contributed by atoms with Gasteiger partial charge in [0, 0.05) is 0 Å². The first kappa shape index (κ1) is 16.3. The summed E-state index contributed by atoms with van der Waals surface area (Å²) in [7, 11) is -4.35. The van der Waals surface area contributed by atoms with Crippen LogP contribution in [0.2, 0.25) is 0 Å². The van der Waals surface area contributed by atoms with Crippen LogP contribution in [0.3, 0.4) is 0 Å². The van der Waals surface area contributed by atoms with Crippen molar-refractivity contribution in [1.82, 2.24) is 19.6 Å². The summed E-state index contributed by atoms with van der Waals surface area (Å²) in [5.41, 5.74) is 1.99. The first-order valence-electron chi connectivity index (χ1n) is 7.14. The molecule has 12 nitrogen and oxygen atoms in total. The number of nitriles is 1. The molecule has 2 aliphatic heterocycles. The van der Waals surface area contributed by atoms with E-state index in [4.69, 9.17) is 19.5 Å². The van der Waals surface area contributed by atoms with Gasteiger partial charge in [0.25, 0.3) is 0 Å². The van der Waals surface area contributed by atoms with Crippen LogP contribution in [0.4, 0.5) is 5.82 Å². The molecule has 0 aromatic carbocycles. The molecule has 25 heavy (non-hydrogen) atoms. The number of imidazole rings is 1. The fourth-order valence-corrected chi connectivity index (χ4v) is 4.22. The predicted molar refractivity (Wildman–Crippen MR) is 78.6 cm³/mol. The summed E-state index contributed by atoms with van der Waals surface area (Å²) in [4.78, 5) is 17.4. The fourth-order valence-electron chi connectivity index (χ4n) is 3.20. The van der Waals surface area contributed by atoms with Crippen molar-refractivity contribution in [3.05, 3.63) is 18.2 Å². The smallest absolute Gasteiger partial charge is 0.383 e. The number of phosphoric ester groups is 1. The van der Waals surface area contributed by atoms with E-state index in [1.165, 1.54) is 17.6 Å². The van der Waals surface area contributed by atoms with Gasteiger partial charge in [0.1, 0.15) is 35.9 Å². The summed E-state index contributed by atoms with van der Waals surface area (Å²) in [5.74, 6) is 0.0730.